The lowest BCUT2D eigenvalue weighted by molar-refractivity contribution is 0.475. The first kappa shape index (κ1) is 14.3. The molecule has 0 amide bonds. The van der Waals surface area contributed by atoms with Gasteiger partial charge in [-0.1, -0.05) is 53.7 Å². The number of rotatable bonds is 1. The molecule has 0 fully saturated rings. The highest BCUT2D eigenvalue weighted by Crippen LogP contribution is 2.66. The van der Waals surface area contributed by atoms with E-state index in [-0.39, 0.29) is 16.1 Å². The number of phenolic OH excluding ortho intramolecular Hbond substituents is 1. The number of phenols is 1. The molecule has 1 aromatic carbocycles. The lowest BCUT2D eigenvalue weighted by Gasteiger charge is -2.41. The molecule has 1 rings (SSSR count). The standard InChI is InChI=1S/C14H23O2P/c1-13(2,3)17(16,14(4,5)6)12-10-8-7-9-11(12)15/h7-10,15H,1-6H3. The van der Waals surface area contributed by atoms with Crippen LogP contribution in [0.5, 0.6) is 5.75 Å². The monoisotopic (exact) mass is 254 g/mol. The molecule has 0 unspecified atom stereocenters. The lowest BCUT2D eigenvalue weighted by Crippen LogP contribution is -2.35. The molecule has 96 valence electrons. The first-order chi connectivity index (χ1) is 7.52. The summed E-state index contributed by atoms with van der Waals surface area (Å²) in [7, 11) is -2.73. The van der Waals surface area contributed by atoms with Gasteiger partial charge in [0, 0.05) is 10.3 Å². The zero-order valence-electron chi connectivity index (χ0n) is 11.6. The van der Waals surface area contributed by atoms with Crippen molar-refractivity contribution in [1.82, 2.24) is 0 Å². The van der Waals surface area contributed by atoms with Crippen molar-refractivity contribution in [2.24, 2.45) is 0 Å². The van der Waals surface area contributed by atoms with E-state index in [0.717, 1.165) is 0 Å². The first-order valence-corrected chi connectivity index (χ1v) is 7.61. The van der Waals surface area contributed by atoms with Crippen LogP contribution in [0.1, 0.15) is 41.5 Å². The van der Waals surface area contributed by atoms with Crippen LogP contribution >= 0.6 is 7.14 Å². The normalized spacial score (nSPS) is 13.8. The van der Waals surface area contributed by atoms with Crippen molar-refractivity contribution in [3.8, 4) is 5.75 Å². The zero-order valence-corrected chi connectivity index (χ0v) is 12.5. The molecule has 0 radical (unpaired) electrons. The van der Waals surface area contributed by atoms with Crippen molar-refractivity contribution in [2.75, 3.05) is 0 Å². The fourth-order valence-electron chi connectivity index (χ4n) is 2.46. The van der Waals surface area contributed by atoms with Gasteiger partial charge in [0.15, 0.2) is 0 Å². The average molecular weight is 254 g/mol. The Kier molecular flexibility index (Phi) is 3.51. The molecule has 2 nitrogen and oxygen atoms in total. The molecule has 0 aliphatic rings. The zero-order chi connectivity index (χ0) is 13.5. The fraction of sp³-hybridized carbons (Fsp3) is 0.571. The van der Waals surface area contributed by atoms with Gasteiger partial charge >= 0.3 is 0 Å². The number of benzene rings is 1. The van der Waals surface area contributed by atoms with E-state index >= 15 is 0 Å². The van der Waals surface area contributed by atoms with E-state index in [9.17, 15) is 9.67 Å². The summed E-state index contributed by atoms with van der Waals surface area (Å²) >= 11 is 0. The molecule has 17 heavy (non-hydrogen) atoms. The van der Waals surface area contributed by atoms with Crippen LogP contribution in [-0.2, 0) is 4.57 Å². The summed E-state index contributed by atoms with van der Waals surface area (Å²) in [5.74, 6) is 0.140. The Labute approximate surface area is 104 Å². The highest BCUT2D eigenvalue weighted by atomic mass is 31.2. The third-order valence-corrected chi connectivity index (χ3v) is 7.95. The van der Waals surface area contributed by atoms with E-state index < -0.39 is 7.14 Å². The van der Waals surface area contributed by atoms with Crippen molar-refractivity contribution in [3.63, 3.8) is 0 Å². The van der Waals surface area contributed by atoms with E-state index in [1.807, 2.05) is 47.6 Å². The van der Waals surface area contributed by atoms with Gasteiger partial charge in [0.2, 0.25) is 0 Å². The summed E-state index contributed by atoms with van der Waals surface area (Å²) in [5.41, 5.74) is 0. The second-order valence-electron chi connectivity index (χ2n) is 6.44. The molecule has 0 aliphatic carbocycles. The van der Waals surface area contributed by atoms with Crippen molar-refractivity contribution in [2.45, 2.75) is 51.9 Å². The molecular formula is C14H23O2P. The maximum Gasteiger partial charge on any atom is 0.129 e. The minimum absolute atomic E-state index is 0.140. The lowest BCUT2D eigenvalue weighted by atomic mass is 10.2. The van der Waals surface area contributed by atoms with Crippen molar-refractivity contribution in [3.05, 3.63) is 24.3 Å². The quantitative estimate of drug-likeness (QED) is 0.770. The van der Waals surface area contributed by atoms with Gasteiger partial charge in [-0.25, -0.2) is 0 Å². The van der Waals surface area contributed by atoms with Crippen LogP contribution in [0.2, 0.25) is 0 Å². The number of para-hydroxylation sites is 1. The Bertz CT molecular complexity index is 432. The maximum atomic E-state index is 13.5. The van der Waals surface area contributed by atoms with Crippen molar-refractivity contribution >= 4 is 12.4 Å². The molecule has 0 spiro atoms. The first-order valence-electron chi connectivity index (χ1n) is 5.90. The van der Waals surface area contributed by atoms with E-state index in [1.165, 1.54) is 0 Å². The third-order valence-electron chi connectivity index (χ3n) is 3.11. The van der Waals surface area contributed by atoms with Crippen LogP contribution in [0.25, 0.3) is 0 Å². The van der Waals surface area contributed by atoms with Crippen LogP contribution in [0.3, 0.4) is 0 Å². The summed E-state index contributed by atoms with van der Waals surface area (Å²) < 4.78 is 13.5. The molecule has 0 aliphatic heterocycles. The third kappa shape index (κ3) is 2.28. The number of hydrogen-bond acceptors (Lipinski definition) is 2. The maximum absolute atomic E-state index is 13.5. The molecule has 0 atom stereocenters. The molecule has 0 bridgehead atoms. The fourth-order valence-corrected chi connectivity index (χ4v) is 6.61. The Balaban J connectivity index is 3.59. The largest absolute Gasteiger partial charge is 0.507 e. The van der Waals surface area contributed by atoms with Gasteiger partial charge in [0.05, 0.1) is 5.30 Å². The topological polar surface area (TPSA) is 37.3 Å². The van der Waals surface area contributed by atoms with Crippen molar-refractivity contribution < 1.29 is 9.67 Å². The molecule has 1 N–H and O–H groups in total. The summed E-state index contributed by atoms with van der Waals surface area (Å²) in [5, 5.41) is 9.86. The summed E-state index contributed by atoms with van der Waals surface area (Å²) in [6.45, 7) is 11.9. The van der Waals surface area contributed by atoms with Crippen LogP contribution < -0.4 is 5.30 Å². The highest BCUT2D eigenvalue weighted by Gasteiger charge is 2.48. The minimum Gasteiger partial charge on any atom is -0.507 e. The predicted octanol–water partition coefficient (Wildman–Crippen LogP) is 3.98. The molecule has 1 aromatic rings. The SMILES string of the molecule is CC(C)(C)P(=O)(c1ccccc1O)C(C)(C)C. The van der Waals surface area contributed by atoms with Crippen LogP contribution in [0.15, 0.2) is 24.3 Å². The second kappa shape index (κ2) is 4.17. The summed E-state index contributed by atoms with van der Waals surface area (Å²) in [4.78, 5) is 0. The molecule has 3 heteroatoms. The van der Waals surface area contributed by atoms with E-state index in [0.29, 0.717) is 5.30 Å². The Morgan fingerprint density at radius 1 is 0.941 bits per heavy atom. The Hall–Kier alpha value is -0.750. The molecule has 0 heterocycles. The van der Waals surface area contributed by atoms with Crippen LogP contribution in [-0.4, -0.2) is 15.4 Å². The van der Waals surface area contributed by atoms with E-state index in [1.54, 1.807) is 18.2 Å². The van der Waals surface area contributed by atoms with Crippen LogP contribution in [0.4, 0.5) is 0 Å². The predicted molar refractivity (Wildman–Crippen MR) is 74.9 cm³/mol. The molecule has 0 saturated heterocycles. The second-order valence-corrected chi connectivity index (χ2v) is 10.8. The van der Waals surface area contributed by atoms with Gasteiger partial charge in [0.1, 0.15) is 12.9 Å². The van der Waals surface area contributed by atoms with Crippen LogP contribution in [0, 0.1) is 0 Å². The van der Waals surface area contributed by atoms with Gasteiger partial charge in [-0.15, -0.1) is 0 Å². The van der Waals surface area contributed by atoms with Gasteiger partial charge in [-0.3, -0.25) is 0 Å². The van der Waals surface area contributed by atoms with E-state index in [4.69, 9.17) is 0 Å². The Morgan fingerprint density at radius 2 is 1.35 bits per heavy atom. The van der Waals surface area contributed by atoms with Gasteiger partial charge in [0.25, 0.3) is 0 Å². The van der Waals surface area contributed by atoms with Gasteiger partial charge in [-0.2, -0.15) is 0 Å². The molecular weight excluding hydrogens is 231 g/mol. The van der Waals surface area contributed by atoms with Gasteiger partial charge < -0.3 is 9.67 Å². The number of aromatic hydroxyl groups is 1. The van der Waals surface area contributed by atoms with E-state index in [2.05, 4.69) is 0 Å². The van der Waals surface area contributed by atoms with Gasteiger partial charge in [-0.05, 0) is 12.1 Å². The highest BCUT2D eigenvalue weighted by molar-refractivity contribution is 7.74. The molecule has 0 aromatic heterocycles. The average Bonchev–Trinajstić information content (AvgIpc) is 2.13. The minimum atomic E-state index is -2.73. The smallest absolute Gasteiger partial charge is 0.129 e. The Morgan fingerprint density at radius 3 is 1.71 bits per heavy atom. The number of hydrogen-bond donors (Lipinski definition) is 1. The summed E-state index contributed by atoms with van der Waals surface area (Å²) in [6.07, 6.45) is 0. The van der Waals surface area contributed by atoms with Crippen molar-refractivity contribution in [1.29, 1.82) is 0 Å². The summed E-state index contributed by atoms with van der Waals surface area (Å²) in [6, 6.07) is 6.99. The molecule has 0 saturated carbocycles.